The molecule has 1 aromatic heterocycles. The Labute approximate surface area is 104 Å². The van der Waals surface area contributed by atoms with Gasteiger partial charge < -0.3 is 5.32 Å². The van der Waals surface area contributed by atoms with E-state index >= 15 is 0 Å². The van der Waals surface area contributed by atoms with Crippen LogP contribution in [0.15, 0.2) is 15.4 Å². The number of rotatable bonds is 2. The molecular weight excluding hydrogens is 326 g/mol. The number of nitrogens with zero attached hydrogens (tertiary/aromatic N) is 2. The van der Waals surface area contributed by atoms with Crippen LogP contribution < -0.4 is 5.32 Å². The molecule has 1 N–H and O–H groups in total. The van der Waals surface area contributed by atoms with Gasteiger partial charge in [0.1, 0.15) is 9.21 Å². The van der Waals surface area contributed by atoms with Gasteiger partial charge in [0.2, 0.25) is 5.91 Å². The number of nitrogens with one attached hydrogen (secondary N) is 1. The number of hydrogen-bond donors (Lipinski definition) is 1. The highest BCUT2D eigenvalue weighted by Crippen LogP contribution is 2.38. The van der Waals surface area contributed by atoms with Gasteiger partial charge in [-0.1, -0.05) is 6.92 Å². The van der Waals surface area contributed by atoms with E-state index in [0.29, 0.717) is 20.9 Å². The number of hydrogen-bond acceptors (Lipinski definition) is 3. The normalized spacial score (nSPS) is 23.7. The Morgan fingerprint density at radius 3 is 2.80 bits per heavy atom. The topological polar surface area (TPSA) is 54.9 Å². The van der Waals surface area contributed by atoms with E-state index in [1.807, 2.05) is 0 Å². The lowest BCUT2D eigenvalue weighted by molar-refractivity contribution is -0.117. The van der Waals surface area contributed by atoms with Gasteiger partial charge in [0.25, 0.3) is 0 Å². The zero-order valence-corrected chi connectivity index (χ0v) is 11.2. The van der Waals surface area contributed by atoms with E-state index < -0.39 is 0 Å². The number of halogens is 2. The summed E-state index contributed by atoms with van der Waals surface area (Å²) in [4.78, 5) is 19.8. The molecule has 2 rings (SSSR count). The third-order valence-electron chi connectivity index (χ3n) is 2.39. The Morgan fingerprint density at radius 2 is 2.27 bits per heavy atom. The molecule has 80 valence electrons. The van der Waals surface area contributed by atoms with Gasteiger partial charge >= 0.3 is 0 Å². The minimum atomic E-state index is 0.0276. The number of carbonyl (C=O) groups excluding carboxylic acids is 1. The van der Waals surface area contributed by atoms with Crippen molar-refractivity contribution in [2.45, 2.75) is 13.3 Å². The predicted molar refractivity (Wildman–Crippen MR) is 63.3 cm³/mol. The van der Waals surface area contributed by atoms with Crippen LogP contribution in [-0.2, 0) is 4.79 Å². The first-order valence-corrected chi connectivity index (χ1v) is 6.15. The largest absolute Gasteiger partial charge is 0.308 e. The number of amides is 1. The molecule has 0 radical (unpaired) electrons. The van der Waals surface area contributed by atoms with Crippen molar-refractivity contribution in [1.82, 2.24) is 9.97 Å². The van der Waals surface area contributed by atoms with Crippen LogP contribution in [0.1, 0.15) is 13.3 Å². The van der Waals surface area contributed by atoms with Crippen molar-refractivity contribution in [1.29, 1.82) is 0 Å². The van der Waals surface area contributed by atoms with E-state index in [9.17, 15) is 4.79 Å². The van der Waals surface area contributed by atoms with Crippen LogP contribution in [0.4, 0.5) is 5.82 Å². The molecule has 2 atom stereocenters. The monoisotopic (exact) mass is 333 g/mol. The van der Waals surface area contributed by atoms with E-state index in [4.69, 9.17) is 0 Å². The van der Waals surface area contributed by atoms with Crippen molar-refractivity contribution in [3.05, 3.63) is 15.4 Å². The molecule has 2 unspecified atom stereocenters. The Hall–Kier alpha value is -0.490. The van der Waals surface area contributed by atoms with Gasteiger partial charge in [0.05, 0.1) is 6.20 Å². The lowest BCUT2D eigenvalue weighted by Gasteiger charge is -2.04. The summed E-state index contributed by atoms with van der Waals surface area (Å²) in [6, 6.07) is 0. The second-order valence-electron chi connectivity index (χ2n) is 3.64. The number of anilines is 1. The molecule has 0 spiro atoms. The summed E-state index contributed by atoms with van der Waals surface area (Å²) < 4.78 is 1.17. The van der Waals surface area contributed by atoms with Crippen LogP contribution in [0.25, 0.3) is 0 Å². The lowest BCUT2D eigenvalue weighted by atomic mass is 10.3. The molecule has 1 heterocycles. The molecule has 0 aliphatic heterocycles. The fourth-order valence-electron chi connectivity index (χ4n) is 1.33. The first-order valence-electron chi connectivity index (χ1n) is 4.57. The quantitative estimate of drug-likeness (QED) is 0.904. The first kappa shape index (κ1) is 11.0. The fraction of sp³-hybridized carbons (Fsp3) is 0.444. The molecule has 6 heteroatoms. The van der Waals surface area contributed by atoms with E-state index in [1.54, 1.807) is 6.20 Å². The molecule has 1 aromatic rings. The molecule has 1 aliphatic rings. The maximum absolute atomic E-state index is 11.6. The molecule has 1 aliphatic carbocycles. The molecule has 0 aromatic carbocycles. The Morgan fingerprint density at radius 1 is 1.60 bits per heavy atom. The van der Waals surface area contributed by atoms with Crippen LogP contribution in [0.2, 0.25) is 0 Å². The van der Waals surface area contributed by atoms with Crippen molar-refractivity contribution in [2.75, 3.05) is 5.32 Å². The summed E-state index contributed by atoms with van der Waals surface area (Å²) in [5.74, 6) is 1.14. The minimum Gasteiger partial charge on any atom is -0.308 e. The third-order valence-corrected chi connectivity index (χ3v) is 3.32. The van der Waals surface area contributed by atoms with E-state index in [0.717, 1.165) is 6.42 Å². The van der Waals surface area contributed by atoms with Crippen molar-refractivity contribution < 1.29 is 4.79 Å². The van der Waals surface area contributed by atoms with E-state index in [2.05, 4.69) is 54.1 Å². The van der Waals surface area contributed by atoms with Gasteiger partial charge in [-0.05, 0) is 44.2 Å². The smallest absolute Gasteiger partial charge is 0.228 e. The molecule has 1 saturated carbocycles. The van der Waals surface area contributed by atoms with Gasteiger partial charge in [-0.2, -0.15) is 0 Å². The van der Waals surface area contributed by atoms with Gasteiger partial charge in [-0.25, -0.2) is 9.97 Å². The predicted octanol–water partition coefficient (Wildman–Crippen LogP) is 2.60. The zero-order valence-electron chi connectivity index (χ0n) is 8.00. The first-order chi connectivity index (χ1) is 7.08. The van der Waals surface area contributed by atoms with Crippen LogP contribution in [0, 0.1) is 11.8 Å². The maximum Gasteiger partial charge on any atom is 0.228 e. The summed E-state index contributed by atoms with van der Waals surface area (Å²) in [5, 5.41) is 2.75. The zero-order chi connectivity index (χ0) is 11.0. The second kappa shape index (κ2) is 4.17. The van der Waals surface area contributed by atoms with Crippen LogP contribution in [0.3, 0.4) is 0 Å². The summed E-state index contributed by atoms with van der Waals surface area (Å²) in [6.07, 6.45) is 2.52. The van der Waals surface area contributed by atoms with Gasteiger partial charge in [-0.15, -0.1) is 0 Å². The van der Waals surface area contributed by atoms with Crippen molar-refractivity contribution in [2.24, 2.45) is 11.8 Å². The van der Waals surface area contributed by atoms with E-state index in [1.165, 1.54) is 0 Å². The second-order valence-corrected chi connectivity index (χ2v) is 5.20. The summed E-state index contributed by atoms with van der Waals surface area (Å²) >= 11 is 6.44. The van der Waals surface area contributed by atoms with Gasteiger partial charge in [0.15, 0.2) is 5.82 Å². The van der Waals surface area contributed by atoms with Crippen LogP contribution in [0.5, 0.6) is 0 Å². The van der Waals surface area contributed by atoms with Crippen molar-refractivity contribution >= 4 is 43.6 Å². The maximum atomic E-state index is 11.6. The van der Waals surface area contributed by atoms with Crippen LogP contribution in [-0.4, -0.2) is 15.9 Å². The SMILES string of the molecule is CC1CC1C(=O)Nc1ncc(Br)nc1Br. The number of carbonyl (C=O) groups is 1. The molecule has 0 saturated heterocycles. The standard InChI is InChI=1S/C9H9Br2N3O/c1-4-2-5(4)9(15)14-8-7(11)13-6(10)3-12-8/h3-5H,2H2,1H3,(H,12,14,15). The highest BCUT2D eigenvalue weighted by atomic mass is 79.9. The van der Waals surface area contributed by atoms with Gasteiger partial charge in [0, 0.05) is 5.92 Å². The summed E-state index contributed by atoms with van der Waals surface area (Å²) in [6.45, 7) is 2.06. The van der Waals surface area contributed by atoms with Crippen molar-refractivity contribution in [3.63, 3.8) is 0 Å². The van der Waals surface area contributed by atoms with Crippen molar-refractivity contribution in [3.8, 4) is 0 Å². The van der Waals surface area contributed by atoms with Crippen LogP contribution >= 0.6 is 31.9 Å². The lowest BCUT2D eigenvalue weighted by Crippen LogP contribution is -2.16. The molecular formula is C9H9Br2N3O. The molecule has 1 amide bonds. The Kier molecular flexibility index (Phi) is 3.06. The summed E-state index contributed by atoms with van der Waals surface area (Å²) in [5.41, 5.74) is 0. The fourth-order valence-corrected chi connectivity index (χ4v) is 2.24. The number of aromatic nitrogens is 2. The Balaban J connectivity index is 2.07. The highest BCUT2D eigenvalue weighted by molar-refractivity contribution is 9.11. The average Bonchev–Trinajstić information content (AvgIpc) is 2.88. The molecule has 4 nitrogen and oxygen atoms in total. The van der Waals surface area contributed by atoms with Gasteiger partial charge in [-0.3, -0.25) is 4.79 Å². The van der Waals surface area contributed by atoms with E-state index in [-0.39, 0.29) is 11.8 Å². The average molecular weight is 335 g/mol. The third kappa shape index (κ3) is 2.55. The minimum absolute atomic E-state index is 0.0276. The molecule has 15 heavy (non-hydrogen) atoms. The summed E-state index contributed by atoms with van der Waals surface area (Å²) in [7, 11) is 0. The Bertz CT molecular complexity index is 410. The molecule has 1 fully saturated rings. The highest BCUT2D eigenvalue weighted by Gasteiger charge is 2.39. The molecule has 0 bridgehead atoms.